The van der Waals surface area contributed by atoms with Crippen LogP contribution in [0.4, 0.5) is 5.69 Å². The Labute approximate surface area is 221 Å². The van der Waals surface area contributed by atoms with Crippen LogP contribution in [0.15, 0.2) is 65.1 Å². The number of hydrogen-bond donors (Lipinski definition) is 1. The summed E-state index contributed by atoms with van der Waals surface area (Å²) in [6, 6.07) is 16.9. The predicted molar refractivity (Wildman–Crippen MR) is 139 cm³/mol. The SMILES string of the molecule is COc1cc([C@@H]2CN(C)[C@@]3(C(=O)Nc4ccccc43)[C@H]2[N+](=O)[O-])cc(Br)c1OCc1cccc(Cl)c1. The van der Waals surface area contributed by atoms with Gasteiger partial charge in [-0.05, 0) is 64.4 Å². The number of likely N-dealkylation sites (N-methyl/N-ethyl adjacent to an activating group) is 1. The highest BCUT2D eigenvalue weighted by atomic mass is 79.9. The molecule has 2 aliphatic heterocycles. The van der Waals surface area contributed by atoms with Crippen molar-refractivity contribution in [3.8, 4) is 11.5 Å². The average Bonchev–Trinajstić information content (AvgIpc) is 3.32. The van der Waals surface area contributed by atoms with Crippen molar-refractivity contribution in [2.75, 3.05) is 26.0 Å². The minimum absolute atomic E-state index is 0.263. The van der Waals surface area contributed by atoms with E-state index in [-0.39, 0.29) is 17.4 Å². The second-order valence-electron chi connectivity index (χ2n) is 8.94. The molecule has 36 heavy (non-hydrogen) atoms. The highest BCUT2D eigenvalue weighted by Crippen LogP contribution is 2.53. The molecule has 1 amide bonds. The van der Waals surface area contributed by atoms with Gasteiger partial charge < -0.3 is 14.8 Å². The Bertz CT molecular complexity index is 1370. The maximum absolute atomic E-state index is 13.3. The molecular weight excluding hydrogens is 550 g/mol. The molecule has 8 nitrogen and oxygen atoms in total. The number of carbonyl (C=O) groups excluding carboxylic acids is 1. The van der Waals surface area contributed by atoms with Crippen molar-refractivity contribution in [3.63, 3.8) is 0 Å². The number of benzene rings is 3. The quantitative estimate of drug-likeness (QED) is 0.322. The number of nitrogens with one attached hydrogen (secondary N) is 1. The first-order valence-electron chi connectivity index (χ1n) is 11.3. The Kier molecular flexibility index (Phi) is 6.40. The molecule has 1 saturated heterocycles. The highest BCUT2D eigenvalue weighted by Gasteiger charge is 2.68. The molecule has 3 atom stereocenters. The van der Waals surface area contributed by atoms with Crippen LogP contribution in [0.3, 0.4) is 0 Å². The van der Waals surface area contributed by atoms with Crippen LogP contribution >= 0.6 is 27.5 Å². The van der Waals surface area contributed by atoms with Crippen LogP contribution in [0.1, 0.15) is 22.6 Å². The Morgan fingerprint density at radius 2 is 2.00 bits per heavy atom. The molecule has 10 heteroatoms. The van der Waals surface area contributed by atoms with Gasteiger partial charge in [-0.25, -0.2) is 0 Å². The van der Waals surface area contributed by atoms with Crippen molar-refractivity contribution in [3.05, 3.63) is 97.0 Å². The predicted octanol–water partition coefficient (Wildman–Crippen LogP) is 5.21. The third-order valence-electron chi connectivity index (χ3n) is 6.99. The topological polar surface area (TPSA) is 93.9 Å². The molecule has 0 aliphatic carbocycles. The number of anilines is 1. The molecule has 1 N–H and O–H groups in total. The normalized spacial score (nSPS) is 22.9. The molecular formula is C26H23BrClN3O5. The lowest BCUT2D eigenvalue weighted by molar-refractivity contribution is -0.534. The number of carbonyl (C=O) groups is 1. The number of likely N-dealkylation sites (tertiary alicyclic amines) is 1. The minimum Gasteiger partial charge on any atom is -0.493 e. The first-order chi connectivity index (χ1) is 17.3. The molecule has 5 rings (SSSR count). The molecule has 0 aromatic heterocycles. The summed E-state index contributed by atoms with van der Waals surface area (Å²) in [4.78, 5) is 27.3. The Hall–Kier alpha value is -3.14. The fourth-order valence-electron chi connectivity index (χ4n) is 5.46. The molecule has 186 valence electrons. The summed E-state index contributed by atoms with van der Waals surface area (Å²) in [5.74, 6) is -0.0516. The van der Waals surface area contributed by atoms with E-state index >= 15 is 0 Å². The monoisotopic (exact) mass is 571 g/mol. The van der Waals surface area contributed by atoms with E-state index in [2.05, 4.69) is 21.2 Å². The summed E-state index contributed by atoms with van der Waals surface area (Å²) in [5, 5.41) is 16.0. The summed E-state index contributed by atoms with van der Waals surface area (Å²) in [5.41, 5.74) is 1.38. The van der Waals surface area contributed by atoms with E-state index in [0.29, 0.717) is 44.4 Å². The van der Waals surface area contributed by atoms with Crippen molar-refractivity contribution >= 4 is 39.1 Å². The smallest absolute Gasteiger partial charge is 0.256 e. The Morgan fingerprint density at radius 3 is 2.72 bits per heavy atom. The van der Waals surface area contributed by atoms with E-state index in [1.54, 1.807) is 48.3 Å². The highest BCUT2D eigenvalue weighted by molar-refractivity contribution is 9.10. The maximum atomic E-state index is 13.3. The number of methoxy groups -OCH3 is 1. The number of rotatable bonds is 6. The van der Waals surface area contributed by atoms with Gasteiger partial charge in [-0.15, -0.1) is 0 Å². The number of para-hydroxylation sites is 1. The average molecular weight is 573 g/mol. The van der Waals surface area contributed by atoms with E-state index in [1.807, 2.05) is 24.3 Å². The fourth-order valence-corrected chi connectivity index (χ4v) is 6.24. The fraction of sp³-hybridized carbons (Fsp3) is 0.269. The number of ether oxygens (including phenoxy) is 2. The maximum Gasteiger partial charge on any atom is 0.256 e. The van der Waals surface area contributed by atoms with Gasteiger partial charge in [-0.2, -0.15) is 0 Å². The summed E-state index contributed by atoms with van der Waals surface area (Å²) >= 11 is 9.64. The summed E-state index contributed by atoms with van der Waals surface area (Å²) < 4.78 is 12.2. The van der Waals surface area contributed by atoms with Gasteiger partial charge in [0, 0.05) is 27.7 Å². The molecule has 0 bridgehead atoms. The van der Waals surface area contributed by atoms with Crippen molar-refractivity contribution in [1.82, 2.24) is 4.90 Å². The summed E-state index contributed by atoms with van der Waals surface area (Å²) in [7, 11) is 3.28. The largest absolute Gasteiger partial charge is 0.493 e. The molecule has 3 aromatic carbocycles. The number of amides is 1. The van der Waals surface area contributed by atoms with E-state index in [0.717, 1.165) is 5.56 Å². The van der Waals surface area contributed by atoms with Gasteiger partial charge in [0.15, 0.2) is 17.0 Å². The molecule has 1 spiro atoms. The number of hydrogen-bond acceptors (Lipinski definition) is 6. The molecule has 3 aromatic rings. The van der Waals surface area contributed by atoms with Gasteiger partial charge >= 0.3 is 0 Å². The van der Waals surface area contributed by atoms with Gasteiger partial charge in [0.2, 0.25) is 0 Å². The molecule has 1 fully saturated rings. The van der Waals surface area contributed by atoms with Crippen molar-refractivity contribution in [2.24, 2.45) is 0 Å². The third kappa shape index (κ3) is 3.82. The van der Waals surface area contributed by atoms with Crippen molar-refractivity contribution in [2.45, 2.75) is 24.1 Å². The van der Waals surface area contributed by atoms with Crippen LogP contribution in [0.5, 0.6) is 11.5 Å². The van der Waals surface area contributed by atoms with Gasteiger partial charge in [-0.3, -0.25) is 19.8 Å². The number of halogens is 2. The molecule has 0 radical (unpaired) electrons. The number of fused-ring (bicyclic) bond motifs is 2. The van der Waals surface area contributed by atoms with E-state index in [4.69, 9.17) is 21.1 Å². The van der Waals surface area contributed by atoms with Crippen LogP contribution in [0, 0.1) is 10.1 Å². The second-order valence-corrected chi connectivity index (χ2v) is 10.2. The van der Waals surface area contributed by atoms with E-state index < -0.39 is 17.5 Å². The van der Waals surface area contributed by atoms with Crippen molar-refractivity contribution in [1.29, 1.82) is 0 Å². The van der Waals surface area contributed by atoms with Gasteiger partial charge in [0.05, 0.1) is 17.5 Å². The first-order valence-corrected chi connectivity index (χ1v) is 12.4. The molecule has 0 unspecified atom stereocenters. The van der Waals surface area contributed by atoms with Crippen LogP contribution in [-0.4, -0.2) is 42.5 Å². The zero-order valence-electron chi connectivity index (χ0n) is 19.5. The van der Waals surface area contributed by atoms with E-state index in [1.165, 1.54) is 7.11 Å². The van der Waals surface area contributed by atoms with Gasteiger partial charge in [0.1, 0.15) is 6.61 Å². The molecule has 2 aliphatic rings. The minimum atomic E-state index is -1.41. The first kappa shape index (κ1) is 24.5. The van der Waals surface area contributed by atoms with Crippen LogP contribution < -0.4 is 14.8 Å². The summed E-state index contributed by atoms with van der Waals surface area (Å²) in [6.45, 7) is 0.574. The van der Waals surface area contributed by atoms with Crippen LogP contribution in [0.2, 0.25) is 5.02 Å². The number of nitrogens with zero attached hydrogens (tertiary/aromatic N) is 2. The van der Waals surface area contributed by atoms with Gasteiger partial charge in [-0.1, -0.05) is 41.9 Å². The lowest BCUT2D eigenvalue weighted by Crippen LogP contribution is -2.54. The second kappa shape index (κ2) is 9.38. The van der Waals surface area contributed by atoms with Gasteiger partial charge in [0.25, 0.3) is 11.9 Å². The lowest BCUT2D eigenvalue weighted by atomic mass is 9.79. The van der Waals surface area contributed by atoms with E-state index in [9.17, 15) is 14.9 Å². The molecule has 2 heterocycles. The third-order valence-corrected chi connectivity index (χ3v) is 7.82. The Morgan fingerprint density at radius 1 is 1.22 bits per heavy atom. The Balaban J connectivity index is 1.53. The number of nitro groups is 1. The van der Waals surface area contributed by atoms with Crippen molar-refractivity contribution < 1.29 is 19.2 Å². The van der Waals surface area contributed by atoms with Crippen LogP contribution in [0.25, 0.3) is 0 Å². The zero-order chi connectivity index (χ0) is 25.6. The lowest BCUT2D eigenvalue weighted by Gasteiger charge is -2.30. The van der Waals surface area contributed by atoms with Crippen LogP contribution in [-0.2, 0) is 16.9 Å². The molecule has 0 saturated carbocycles. The summed E-state index contributed by atoms with van der Waals surface area (Å²) in [6.07, 6.45) is 0. The zero-order valence-corrected chi connectivity index (χ0v) is 21.9. The standard InChI is InChI=1S/C26H23BrClN3O5/c1-30-13-18(24(31(33)34)26(30)19-8-3-4-9-21(19)29-25(26)32)16-11-20(27)23(22(12-16)35-2)36-14-15-6-5-7-17(28)10-15/h3-12,18,24H,13-14H2,1-2H3,(H,29,32)/t18-,24-,26+/m0/s1.